The molecule has 0 saturated carbocycles. The molecule has 2 rings (SSSR count). The Labute approximate surface area is 185 Å². The maximum Gasteiger partial charge on any atom is 0.268 e. The van der Waals surface area contributed by atoms with Crippen molar-refractivity contribution in [3.05, 3.63) is 70.8 Å². The van der Waals surface area contributed by atoms with Gasteiger partial charge in [-0.3, -0.25) is 4.79 Å². The summed E-state index contributed by atoms with van der Waals surface area (Å²) in [6.07, 6.45) is 7.59. The van der Waals surface area contributed by atoms with Crippen LogP contribution in [-0.4, -0.2) is 22.4 Å². The van der Waals surface area contributed by atoms with Crippen molar-refractivity contribution in [3.8, 4) is 0 Å². The highest BCUT2D eigenvalue weighted by molar-refractivity contribution is 5.92. The third-order valence-corrected chi connectivity index (χ3v) is 4.48. The Morgan fingerprint density at radius 1 is 1.16 bits per heavy atom. The van der Waals surface area contributed by atoms with Crippen molar-refractivity contribution in [1.82, 2.24) is 15.3 Å². The Hall–Kier alpha value is -3.39. The van der Waals surface area contributed by atoms with E-state index in [2.05, 4.69) is 10.3 Å². The quantitative estimate of drug-likeness (QED) is 0.148. The van der Waals surface area contributed by atoms with Crippen molar-refractivity contribution < 1.29 is 4.79 Å². The molecule has 1 aromatic carbocycles. The van der Waals surface area contributed by atoms with Crippen LogP contribution < -0.4 is 28.4 Å². The minimum absolute atomic E-state index is 0.0706. The van der Waals surface area contributed by atoms with Gasteiger partial charge in [-0.15, -0.1) is 0 Å². The van der Waals surface area contributed by atoms with Gasteiger partial charge in [0.1, 0.15) is 11.5 Å². The van der Waals surface area contributed by atoms with E-state index in [0.717, 1.165) is 41.6 Å². The van der Waals surface area contributed by atoms with Gasteiger partial charge >= 0.3 is 0 Å². The number of aryl methyl sites for hydroxylation is 1. The summed E-state index contributed by atoms with van der Waals surface area (Å²) in [6.45, 7) is 6.95. The molecule has 0 unspecified atom stereocenters. The van der Waals surface area contributed by atoms with Gasteiger partial charge in [0.25, 0.3) is 5.91 Å². The molecule has 0 aliphatic heterocycles. The van der Waals surface area contributed by atoms with Crippen molar-refractivity contribution in [2.24, 2.45) is 17.3 Å². The number of nitrogen functional groups attached to an aromatic ring is 1. The fraction of sp³-hybridized carbons (Fsp3) is 0.348. The van der Waals surface area contributed by atoms with Crippen molar-refractivity contribution in [1.29, 1.82) is 0 Å². The molecule has 31 heavy (non-hydrogen) atoms. The summed E-state index contributed by atoms with van der Waals surface area (Å²) < 4.78 is 0. The lowest BCUT2D eigenvalue weighted by atomic mass is 10.1. The molecule has 10 N–H and O–H groups in total. The number of allylic oxidation sites excluding steroid dienone is 1. The predicted molar refractivity (Wildman–Crippen MR) is 129 cm³/mol. The van der Waals surface area contributed by atoms with E-state index < -0.39 is 0 Å². The molecule has 0 bridgehead atoms. The van der Waals surface area contributed by atoms with E-state index >= 15 is 0 Å². The van der Waals surface area contributed by atoms with E-state index in [9.17, 15) is 4.79 Å². The largest absolute Gasteiger partial charge is 0.402 e. The highest BCUT2D eigenvalue weighted by Crippen LogP contribution is 2.19. The number of benzene rings is 1. The van der Waals surface area contributed by atoms with Gasteiger partial charge in [0.05, 0.1) is 0 Å². The number of aromatic amines is 1. The first-order valence-corrected chi connectivity index (χ1v) is 10.6. The standard InChI is InChI=1S/C21H31N7O.C2H6/c1-15-12-26-20(24)18(15)11-17(22)9-5-6-10-28(25)14-19(23)21(29)27-13-16-7-3-2-4-8-16;1-2/h2-4,7-8,11-12,14,26H,5-6,9-10,13,22-25H2,1H3,(H,27,29);1-2H3/b17-11-,19-14-;. The molecule has 8 heteroatoms. The maximum absolute atomic E-state index is 12.1. The zero-order chi connectivity index (χ0) is 23.2. The van der Waals surface area contributed by atoms with Gasteiger partial charge in [-0.05, 0) is 43.4 Å². The average molecular weight is 428 g/mol. The van der Waals surface area contributed by atoms with Gasteiger partial charge in [-0.1, -0.05) is 44.2 Å². The minimum Gasteiger partial charge on any atom is -0.402 e. The molecule has 1 heterocycles. The third-order valence-electron chi connectivity index (χ3n) is 4.48. The zero-order valence-electron chi connectivity index (χ0n) is 18.8. The van der Waals surface area contributed by atoms with Crippen molar-refractivity contribution in [3.63, 3.8) is 0 Å². The summed E-state index contributed by atoms with van der Waals surface area (Å²) in [5.74, 6) is 6.18. The highest BCUT2D eigenvalue weighted by atomic mass is 16.2. The molecule has 0 spiro atoms. The second kappa shape index (κ2) is 13.8. The van der Waals surface area contributed by atoms with E-state index in [4.69, 9.17) is 23.0 Å². The van der Waals surface area contributed by atoms with Crippen LogP contribution in [0.15, 0.2) is 54.1 Å². The number of carbonyl (C=O) groups is 1. The fourth-order valence-corrected chi connectivity index (χ4v) is 2.81. The molecule has 0 saturated heterocycles. The van der Waals surface area contributed by atoms with Gasteiger partial charge in [-0.25, -0.2) is 5.84 Å². The topological polar surface area (TPSA) is 152 Å². The predicted octanol–water partition coefficient (Wildman–Crippen LogP) is 2.69. The first-order valence-electron chi connectivity index (χ1n) is 10.6. The summed E-state index contributed by atoms with van der Waals surface area (Å²) >= 11 is 0. The number of aromatic nitrogens is 1. The van der Waals surface area contributed by atoms with Crippen molar-refractivity contribution in [2.45, 2.75) is 46.6 Å². The summed E-state index contributed by atoms with van der Waals surface area (Å²) in [4.78, 5) is 15.0. The maximum atomic E-state index is 12.1. The Kier molecular flexibility index (Phi) is 11.4. The number of anilines is 1. The summed E-state index contributed by atoms with van der Waals surface area (Å²) in [6, 6.07) is 9.62. The monoisotopic (exact) mass is 427 g/mol. The molecular formula is C23H37N7O. The number of unbranched alkanes of at least 4 members (excludes halogenated alkanes) is 1. The van der Waals surface area contributed by atoms with Gasteiger partial charge in [-0.2, -0.15) is 0 Å². The van der Waals surface area contributed by atoms with E-state index in [1.54, 1.807) is 0 Å². The summed E-state index contributed by atoms with van der Waals surface area (Å²) in [5, 5.41) is 4.19. The molecule has 0 aliphatic carbocycles. The van der Waals surface area contributed by atoms with Crippen LogP contribution in [0.5, 0.6) is 0 Å². The van der Waals surface area contributed by atoms with E-state index in [1.165, 1.54) is 11.2 Å². The minimum atomic E-state index is -0.351. The highest BCUT2D eigenvalue weighted by Gasteiger charge is 2.07. The first kappa shape index (κ1) is 25.6. The van der Waals surface area contributed by atoms with Crippen LogP contribution >= 0.6 is 0 Å². The first-order chi connectivity index (χ1) is 14.9. The lowest BCUT2D eigenvalue weighted by Gasteiger charge is -2.15. The number of H-pyrrole nitrogens is 1. The molecule has 0 radical (unpaired) electrons. The normalized spacial score (nSPS) is 11.5. The van der Waals surface area contributed by atoms with Crippen LogP contribution in [0.2, 0.25) is 0 Å². The van der Waals surface area contributed by atoms with E-state index in [-0.39, 0.29) is 11.6 Å². The van der Waals surface area contributed by atoms with Crippen LogP contribution in [0.1, 0.15) is 49.8 Å². The van der Waals surface area contributed by atoms with Crippen molar-refractivity contribution in [2.75, 3.05) is 12.3 Å². The number of carbonyl (C=O) groups excluding carboxylic acids is 1. The van der Waals surface area contributed by atoms with Gasteiger partial charge in [0.15, 0.2) is 0 Å². The third kappa shape index (κ3) is 9.31. The second-order valence-electron chi connectivity index (χ2n) is 6.97. The summed E-state index contributed by atoms with van der Waals surface area (Å²) in [5.41, 5.74) is 21.6. The van der Waals surface area contributed by atoms with Crippen LogP contribution in [0.4, 0.5) is 5.82 Å². The fourth-order valence-electron chi connectivity index (χ4n) is 2.81. The molecule has 170 valence electrons. The molecule has 1 amide bonds. The van der Waals surface area contributed by atoms with Crippen molar-refractivity contribution >= 4 is 17.8 Å². The lowest BCUT2D eigenvalue weighted by molar-refractivity contribution is -0.117. The lowest BCUT2D eigenvalue weighted by Crippen LogP contribution is -2.33. The Morgan fingerprint density at radius 3 is 2.45 bits per heavy atom. The molecule has 1 aromatic heterocycles. The average Bonchev–Trinajstić information content (AvgIpc) is 3.09. The number of hydrazine groups is 1. The summed E-state index contributed by atoms with van der Waals surface area (Å²) in [7, 11) is 0. The number of hydrogen-bond acceptors (Lipinski definition) is 6. The van der Waals surface area contributed by atoms with Crippen LogP contribution in [-0.2, 0) is 11.3 Å². The molecule has 0 fully saturated rings. The molecular weight excluding hydrogens is 390 g/mol. The van der Waals surface area contributed by atoms with E-state index in [1.807, 2.05) is 63.4 Å². The second-order valence-corrected chi connectivity index (χ2v) is 6.97. The smallest absolute Gasteiger partial charge is 0.268 e. The molecule has 0 atom stereocenters. The van der Waals surface area contributed by atoms with Gasteiger partial charge < -0.3 is 32.5 Å². The number of nitrogens with two attached hydrogens (primary N) is 4. The Morgan fingerprint density at radius 2 is 1.84 bits per heavy atom. The number of amides is 1. The number of nitrogens with zero attached hydrogens (tertiary/aromatic N) is 1. The zero-order valence-corrected chi connectivity index (χ0v) is 18.8. The molecule has 0 aliphatic rings. The SMILES string of the molecule is CC.Cc1c[nH]c(N)c1/C=C(\N)CCCCN(N)/C=C(\N)C(=O)NCc1ccccc1. The Bertz CT molecular complexity index is 837. The van der Waals surface area contributed by atoms with Crippen LogP contribution in [0.25, 0.3) is 6.08 Å². The van der Waals surface area contributed by atoms with Crippen LogP contribution in [0, 0.1) is 6.92 Å². The number of rotatable bonds is 10. The Balaban J connectivity index is 0.00000233. The number of hydrogen-bond donors (Lipinski definition) is 6. The van der Waals surface area contributed by atoms with Gasteiger partial charge in [0, 0.05) is 36.7 Å². The van der Waals surface area contributed by atoms with Crippen LogP contribution in [0.3, 0.4) is 0 Å². The molecule has 8 nitrogen and oxygen atoms in total. The number of nitrogens with one attached hydrogen (secondary N) is 2. The molecule has 2 aromatic rings. The van der Waals surface area contributed by atoms with Gasteiger partial charge in [0.2, 0.25) is 0 Å². The van der Waals surface area contributed by atoms with E-state index in [0.29, 0.717) is 18.9 Å².